The molecule has 2 N–H and O–H groups in total. The lowest BCUT2D eigenvalue weighted by atomic mass is 10.1. The van der Waals surface area contributed by atoms with Gasteiger partial charge in [-0.15, -0.1) is 24.0 Å². The molecular weight excluding hydrogens is 415 g/mol. The summed E-state index contributed by atoms with van der Waals surface area (Å²) < 4.78 is 5.06. The fourth-order valence-electron chi connectivity index (χ4n) is 2.82. The van der Waals surface area contributed by atoms with E-state index in [1.807, 2.05) is 0 Å². The molecule has 0 amide bonds. The zero-order valence-electron chi connectivity index (χ0n) is 15.0. The van der Waals surface area contributed by atoms with Crippen LogP contribution in [0.25, 0.3) is 0 Å². The predicted molar refractivity (Wildman–Crippen MR) is 113 cm³/mol. The number of methoxy groups -OCH3 is 1. The van der Waals surface area contributed by atoms with E-state index < -0.39 is 0 Å². The van der Waals surface area contributed by atoms with Crippen molar-refractivity contribution in [3.05, 3.63) is 29.8 Å². The van der Waals surface area contributed by atoms with Crippen molar-refractivity contribution in [3.63, 3.8) is 0 Å². The normalized spacial score (nSPS) is 15.8. The summed E-state index contributed by atoms with van der Waals surface area (Å²) in [5.74, 6) is 0.837. The fourth-order valence-corrected chi connectivity index (χ4v) is 2.82. The summed E-state index contributed by atoms with van der Waals surface area (Å²) in [5, 5.41) is 6.76. The zero-order valence-corrected chi connectivity index (χ0v) is 17.4. The minimum atomic E-state index is 0. The van der Waals surface area contributed by atoms with E-state index in [1.165, 1.54) is 37.2 Å². The Labute approximate surface area is 163 Å². The van der Waals surface area contributed by atoms with E-state index in [9.17, 15) is 0 Å². The van der Waals surface area contributed by atoms with E-state index in [2.05, 4.69) is 58.6 Å². The highest BCUT2D eigenvalue weighted by atomic mass is 127. The van der Waals surface area contributed by atoms with Crippen molar-refractivity contribution in [1.29, 1.82) is 0 Å². The Hall–Kier alpha value is -1.02. The van der Waals surface area contributed by atoms with Gasteiger partial charge in [0.05, 0.1) is 19.2 Å². The minimum absolute atomic E-state index is 0. The highest BCUT2D eigenvalue weighted by molar-refractivity contribution is 14.0. The van der Waals surface area contributed by atoms with Crippen molar-refractivity contribution in [2.45, 2.75) is 32.7 Å². The number of guanidine groups is 1. The SMILES string of the molecule is CCNC(=NCCOC)NC(C)c1cccc(N2CCCC2)c1.I. The quantitative estimate of drug-likeness (QED) is 0.293. The van der Waals surface area contributed by atoms with Crippen LogP contribution in [-0.2, 0) is 4.74 Å². The maximum Gasteiger partial charge on any atom is 0.191 e. The van der Waals surface area contributed by atoms with Crippen molar-refractivity contribution in [2.75, 3.05) is 44.8 Å². The molecular formula is C18H31IN4O. The molecule has 0 aromatic heterocycles. The Morgan fingerprint density at radius 3 is 2.75 bits per heavy atom. The van der Waals surface area contributed by atoms with Crippen molar-refractivity contribution < 1.29 is 4.74 Å². The third-order valence-corrected chi connectivity index (χ3v) is 4.10. The van der Waals surface area contributed by atoms with Crippen LogP contribution in [0.1, 0.15) is 38.3 Å². The first-order chi connectivity index (χ1) is 11.2. The van der Waals surface area contributed by atoms with Gasteiger partial charge in [-0.05, 0) is 44.4 Å². The van der Waals surface area contributed by atoms with Crippen LogP contribution in [0.4, 0.5) is 5.69 Å². The first-order valence-corrected chi connectivity index (χ1v) is 8.63. The average molecular weight is 446 g/mol. The first-order valence-electron chi connectivity index (χ1n) is 8.63. The lowest BCUT2D eigenvalue weighted by Gasteiger charge is -2.22. The number of halogens is 1. The van der Waals surface area contributed by atoms with E-state index >= 15 is 0 Å². The maximum absolute atomic E-state index is 5.06. The highest BCUT2D eigenvalue weighted by Crippen LogP contribution is 2.23. The van der Waals surface area contributed by atoms with Gasteiger partial charge in [0.15, 0.2) is 5.96 Å². The number of anilines is 1. The first kappa shape index (κ1) is 21.0. The smallest absolute Gasteiger partial charge is 0.191 e. The molecule has 5 nitrogen and oxygen atoms in total. The second kappa shape index (κ2) is 11.5. The molecule has 6 heteroatoms. The summed E-state index contributed by atoms with van der Waals surface area (Å²) in [4.78, 5) is 6.99. The van der Waals surface area contributed by atoms with Gasteiger partial charge >= 0.3 is 0 Å². The van der Waals surface area contributed by atoms with Crippen molar-refractivity contribution >= 4 is 35.6 Å². The molecule has 0 bridgehead atoms. The van der Waals surface area contributed by atoms with Crippen LogP contribution < -0.4 is 15.5 Å². The van der Waals surface area contributed by atoms with Crippen LogP contribution >= 0.6 is 24.0 Å². The molecule has 2 rings (SSSR count). The van der Waals surface area contributed by atoms with Crippen LogP contribution in [-0.4, -0.2) is 45.9 Å². The monoisotopic (exact) mass is 446 g/mol. The summed E-state index contributed by atoms with van der Waals surface area (Å²) in [6, 6.07) is 9.03. The number of aliphatic imine (C=N–C) groups is 1. The second-order valence-electron chi connectivity index (χ2n) is 5.91. The second-order valence-corrected chi connectivity index (χ2v) is 5.91. The molecule has 1 aliphatic rings. The van der Waals surface area contributed by atoms with E-state index in [-0.39, 0.29) is 30.0 Å². The summed E-state index contributed by atoms with van der Waals surface area (Å²) in [5.41, 5.74) is 2.61. The Kier molecular flexibility index (Phi) is 10.1. The maximum atomic E-state index is 5.06. The summed E-state index contributed by atoms with van der Waals surface area (Å²) >= 11 is 0. The lowest BCUT2D eigenvalue weighted by molar-refractivity contribution is 0.208. The average Bonchev–Trinajstić information content (AvgIpc) is 3.10. The van der Waals surface area contributed by atoms with Crippen LogP contribution in [0.15, 0.2) is 29.3 Å². The Morgan fingerprint density at radius 2 is 2.08 bits per heavy atom. The van der Waals surface area contributed by atoms with E-state index in [0.29, 0.717) is 13.2 Å². The van der Waals surface area contributed by atoms with Crippen LogP contribution in [0.3, 0.4) is 0 Å². The van der Waals surface area contributed by atoms with Gasteiger partial charge in [-0.3, -0.25) is 4.99 Å². The molecule has 1 unspecified atom stereocenters. The van der Waals surface area contributed by atoms with Crippen molar-refractivity contribution in [3.8, 4) is 0 Å². The third kappa shape index (κ3) is 6.47. The summed E-state index contributed by atoms with van der Waals surface area (Å²) in [6.45, 7) is 8.73. The van der Waals surface area contributed by atoms with E-state index in [4.69, 9.17) is 4.74 Å². The molecule has 1 fully saturated rings. The van der Waals surface area contributed by atoms with Gasteiger partial charge < -0.3 is 20.3 Å². The van der Waals surface area contributed by atoms with Gasteiger partial charge in [-0.25, -0.2) is 0 Å². The molecule has 1 aromatic carbocycles. The Bertz CT molecular complexity index is 504. The van der Waals surface area contributed by atoms with Crippen LogP contribution in [0.2, 0.25) is 0 Å². The summed E-state index contributed by atoms with van der Waals surface area (Å²) in [7, 11) is 1.70. The molecule has 0 spiro atoms. The van der Waals surface area contributed by atoms with Crippen LogP contribution in [0.5, 0.6) is 0 Å². The van der Waals surface area contributed by atoms with Crippen molar-refractivity contribution in [2.24, 2.45) is 4.99 Å². The van der Waals surface area contributed by atoms with Crippen molar-refractivity contribution in [1.82, 2.24) is 10.6 Å². The third-order valence-electron chi connectivity index (χ3n) is 4.10. The van der Waals surface area contributed by atoms with E-state index in [1.54, 1.807) is 7.11 Å². The van der Waals surface area contributed by atoms with Gasteiger partial charge in [-0.1, -0.05) is 12.1 Å². The number of benzene rings is 1. The standard InChI is InChI=1S/C18H30N4O.HI/c1-4-19-18(20-10-13-23-3)21-15(2)16-8-7-9-17(14-16)22-11-5-6-12-22;/h7-9,14-15H,4-6,10-13H2,1-3H3,(H2,19,20,21);1H. The summed E-state index contributed by atoms with van der Waals surface area (Å²) in [6.07, 6.45) is 2.60. The molecule has 1 aromatic rings. The number of hydrogen-bond acceptors (Lipinski definition) is 3. The number of nitrogens with one attached hydrogen (secondary N) is 2. The Balaban J connectivity index is 0.00000288. The van der Waals surface area contributed by atoms with Gasteiger partial charge in [0.2, 0.25) is 0 Å². The van der Waals surface area contributed by atoms with Gasteiger partial charge in [-0.2, -0.15) is 0 Å². The predicted octanol–water partition coefficient (Wildman–Crippen LogP) is 3.17. The number of rotatable bonds is 7. The van der Waals surface area contributed by atoms with Crippen LogP contribution in [0, 0.1) is 0 Å². The molecule has 0 radical (unpaired) electrons. The molecule has 1 saturated heterocycles. The number of ether oxygens (including phenoxy) is 1. The van der Waals surface area contributed by atoms with Gasteiger partial charge in [0.1, 0.15) is 0 Å². The molecule has 1 aliphatic heterocycles. The molecule has 0 saturated carbocycles. The molecule has 1 atom stereocenters. The van der Waals surface area contributed by atoms with Gasteiger partial charge in [0, 0.05) is 32.4 Å². The molecule has 24 heavy (non-hydrogen) atoms. The lowest BCUT2D eigenvalue weighted by Crippen LogP contribution is -2.39. The molecule has 0 aliphatic carbocycles. The minimum Gasteiger partial charge on any atom is -0.383 e. The topological polar surface area (TPSA) is 48.9 Å². The number of nitrogens with zero attached hydrogens (tertiary/aromatic N) is 2. The largest absolute Gasteiger partial charge is 0.383 e. The molecule has 136 valence electrons. The highest BCUT2D eigenvalue weighted by Gasteiger charge is 2.14. The number of hydrogen-bond donors (Lipinski definition) is 2. The zero-order chi connectivity index (χ0) is 16.5. The fraction of sp³-hybridized carbons (Fsp3) is 0.611. The van der Waals surface area contributed by atoms with E-state index in [0.717, 1.165) is 12.5 Å². The Morgan fingerprint density at radius 1 is 1.33 bits per heavy atom. The van der Waals surface area contributed by atoms with Gasteiger partial charge in [0.25, 0.3) is 0 Å². The molecule has 1 heterocycles.